The monoisotopic (exact) mass is 414 g/mol. The molecule has 0 amide bonds. The van der Waals surface area contributed by atoms with Gasteiger partial charge >= 0.3 is 0 Å². The Bertz CT molecular complexity index is 1060. The van der Waals surface area contributed by atoms with Crippen LogP contribution < -0.4 is 5.32 Å². The molecule has 8 nitrogen and oxygen atoms in total. The minimum atomic E-state index is -3.58. The lowest BCUT2D eigenvalue weighted by molar-refractivity contribution is 0.0730. The fraction of sp³-hybridized carbons (Fsp3) is 0.300. The largest absolute Gasteiger partial charge is 0.467 e. The average Bonchev–Trinajstić information content (AvgIpc) is 3.27. The molecule has 0 bridgehead atoms. The summed E-state index contributed by atoms with van der Waals surface area (Å²) in [5.41, 5.74) is 2.00. The highest BCUT2D eigenvalue weighted by molar-refractivity contribution is 7.89. The Labute approximate surface area is 169 Å². The topological polar surface area (TPSA) is 97.6 Å². The zero-order valence-electron chi connectivity index (χ0n) is 16.0. The van der Waals surface area contributed by atoms with Crippen molar-refractivity contribution in [2.24, 2.45) is 0 Å². The average molecular weight is 414 g/mol. The third kappa shape index (κ3) is 4.31. The number of furan rings is 1. The van der Waals surface area contributed by atoms with Crippen LogP contribution >= 0.6 is 0 Å². The molecule has 0 aliphatic carbocycles. The fourth-order valence-electron chi connectivity index (χ4n) is 3.13. The van der Waals surface area contributed by atoms with Crippen LogP contribution in [-0.2, 0) is 21.3 Å². The molecular formula is C20H22N4O4S. The predicted molar refractivity (Wildman–Crippen MR) is 108 cm³/mol. The Morgan fingerprint density at radius 3 is 2.62 bits per heavy atom. The zero-order valence-corrected chi connectivity index (χ0v) is 16.9. The number of nitrogens with one attached hydrogen (secondary N) is 1. The number of ether oxygens (including phenoxy) is 1. The molecule has 0 atom stereocenters. The molecule has 1 N–H and O–H groups in total. The van der Waals surface area contributed by atoms with Crippen LogP contribution in [0, 0.1) is 6.92 Å². The molecule has 3 heterocycles. The van der Waals surface area contributed by atoms with Crippen LogP contribution in [0.2, 0.25) is 0 Å². The van der Waals surface area contributed by atoms with Crippen LogP contribution in [0.3, 0.4) is 0 Å². The number of nitrogens with zero attached hydrogens (tertiary/aromatic N) is 3. The first-order valence-corrected chi connectivity index (χ1v) is 10.8. The van der Waals surface area contributed by atoms with Crippen molar-refractivity contribution in [1.29, 1.82) is 0 Å². The van der Waals surface area contributed by atoms with E-state index in [1.807, 2.05) is 24.3 Å². The van der Waals surface area contributed by atoms with Gasteiger partial charge in [-0.1, -0.05) is 12.1 Å². The summed E-state index contributed by atoms with van der Waals surface area (Å²) in [4.78, 5) is 0.290. The van der Waals surface area contributed by atoms with E-state index >= 15 is 0 Å². The van der Waals surface area contributed by atoms with Crippen LogP contribution in [0.25, 0.3) is 11.3 Å². The molecule has 4 rings (SSSR count). The van der Waals surface area contributed by atoms with Crippen molar-refractivity contribution in [3.63, 3.8) is 0 Å². The van der Waals surface area contributed by atoms with E-state index in [2.05, 4.69) is 15.5 Å². The van der Waals surface area contributed by atoms with E-state index in [-0.39, 0.29) is 0 Å². The second-order valence-corrected chi connectivity index (χ2v) is 8.64. The summed E-state index contributed by atoms with van der Waals surface area (Å²) < 4.78 is 38.1. The van der Waals surface area contributed by atoms with Gasteiger partial charge in [0.2, 0.25) is 10.0 Å². The van der Waals surface area contributed by atoms with Gasteiger partial charge in [-0.3, -0.25) is 0 Å². The second kappa shape index (κ2) is 8.32. The molecule has 1 fully saturated rings. The number of hydrogen-bond acceptors (Lipinski definition) is 7. The molecule has 1 aliphatic heterocycles. The highest BCUT2D eigenvalue weighted by Gasteiger charge is 2.28. The molecule has 1 saturated heterocycles. The van der Waals surface area contributed by atoms with Crippen LogP contribution in [0.1, 0.15) is 11.3 Å². The molecule has 0 spiro atoms. The van der Waals surface area contributed by atoms with Crippen LogP contribution in [-0.4, -0.2) is 49.2 Å². The van der Waals surface area contributed by atoms with Crippen molar-refractivity contribution in [2.75, 3.05) is 31.6 Å². The van der Waals surface area contributed by atoms with Gasteiger partial charge in [0.15, 0.2) is 0 Å². The Balaban J connectivity index is 1.55. The predicted octanol–water partition coefficient (Wildman–Crippen LogP) is 2.68. The van der Waals surface area contributed by atoms with E-state index in [4.69, 9.17) is 9.15 Å². The summed E-state index contributed by atoms with van der Waals surface area (Å²) in [6, 6.07) is 12.6. The fourth-order valence-corrected chi connectivity index (χ4v) is 4.79. The molecule has 0 saturated carbocycles. The zero-order chi connectivity index (χ0) is 20.3. The lowest BCUT2D eigenvalue weighted by atomic mass is 10.1. The van der Waals surface area contributed by atoms with Crippen molar-refractivity contribution >= 4 is 15.8 Å². The SMILES string of the molecule is Cc1ccc(-c2ccc(NCc3ccco3)nn2)cc1S(=O)(=O)N1CCOCC1. The van der Waals surface area contributed by atoms with Crippen LogP contribution in [0.5, 0.6) is 0 Å². The van der Waals surface area contributed by atoms with E-state index in [0.717, 1.165) is 5.76 Å². The summed E-state index contributed by atoms with van der Waals surface area (Å²) in [6.07, 6.45) is 1.62. The van der Waals surface area contributed by atoms with Gasteiger partial charge in [0.1, 0.15) is 11.6 Å². The van der Waals surface area contributed by atoms with Crippen molar-refractivity contribution in [3.8, 4) is 11.3 Å². The quantitative estimate of drug-likeness (QED) is 0.662. The molecule has 9 heteroatoms. The normalized spacial score (nSPS) is 15.3. The molecule has 2 aromatic heterocycles. The van der Waals surface area contributed by atoms with Crippen LogP contribution in [0.4, 0.5) is 5.82 Å². The maximum atomic E-state index is 13.1. The van der Waals surface area contributed by atoms with Gasteiger partial charge in [-0.05, 0) is 42.8 Å². The summed E-state index contributed by atoms with van der Waals surface area (Å²) in [5, 5.41) is 11.6. The number of hydrogen-bond donors (Lipinski definition) is 1. The highest BCUT2D eigenvalue weighted by atomic mass is 32.2. The maximum absolute atomic E-state index is 13.1. The molecule has 0 radical (unpaired) electrons. The number of rotatable bonds is 6. The highest BCUT2D eigenvalue weighted by Crippen LogP contribution is 2.26. The summed E-state index contributed by atoms with van der Waals surface area (Å²) >= 11 is 0. The number of benzene rings is 1. The summed E-state index contributed by atoms with van der Waals surface area (Å²) in [5.74, 6) is 1.41. The molecule has 1 aromatic carbocycles. The summed E-state index contributed by atoms with van der Waals surface area (Å²) in [6.45, 7) is 3.85. The van der Waals surface area contributed by atoms with Crippen molar-refractivity contribution in [2.45, 2.75) is 18.4 Å². The molecule has 29 heavy (non-hydrogen) atoms. The van der Waals surface area contributed by atoms with Gasteiger partial charge in [0.25, 0.3) is 0 Å². The number of aromatic nitrogens is 2. The van der Waals surface area contributed by atoms with Gasteiger partial charge in [0, 0.05) is 18.7 Å². The minimum Gasteiger partial charge on any atom is -0.467 e. The Hall–Kier alpha value is -2.75. The van der Waals surface area contributed by atoms with Crippen molar-refractivity contribution in [3.05, 3.63) is 60.1 Å². The lowest BCUT2D eigenvalue weighted by Gasteiger charge is -2.26. The first-order valence-electron chi connectivity index (χ1n) is 9.33. The van der Waals surface area contributed by atoms with Crippen molar-refractivity contribution in [1.82, 2.24) is 14.5 Å². The van der Waals surface area contributed by atoms with Crippen molar-refractivity contribution < 1.29 is 17.6 Å². The number of aryl methyl sites for hydroxylation is 1. The van der Waals surface area contributed by atoms with Gasteiger partial charge in [0.05, 0.1) is 36.6 Å². The van der Waals surface area contributed by atoms with E-state index in [9.17, 15) is 8.42 Å². The smallest absolute Gasteiger partial charge is 0.243 e. The number of anilines is 1. The Morgan fingerprint density at radius 1 is 1.10 bits per heavy atom. The minimum absolute atomic E-state index is 0.290. The van der Waals surface area contributed by atoms with Gasteiger partial charge < -0.3 is 14.5 Å². The molecular weight excluding hydrogens is 392 g/mol. The first kappa shape index (κ1) is 19.6. The second-order valence-electron chi connectivity index (χ2n) is 6.73. The van der Waals surface area contributed by atoms with Gasteiger partial charge in [-0.25, -0.2) is 8.42 Å². The third-order valence-corrected chi connectivity index (χ3v) is 6.80. The molecule has 1 aliphatic rings. The molecule has 3 aromatic rings. The van der Waals surface area contributed by atoms with Crippen LogP contribution in [0.15, 0.2) is 58.0 Å². The molecule has 0 unspecified atom stereocenters. The van der Waals surface area contributed by atoms with E-state index in [1.165, 1.54) is 4.31 Å². The Morgan fingerprint density at radius 2 is 1.93 bits per heavy atom. The van der Waals surface area contributed by atoms with E-state index in [0.29, 0.717) is 60.4 Å². The van der Waals surface area contributed by atoms with E-state index < -0.39 is 10.0 Å². The maximum Gasteiger partial charge on any atom is 0.243 e. The van der Waals surface area contributed by atoms with Gasteiger partial charge in [-0.15, -0.1) is 10.2 Å². The van der Waals surface area contributed by atoms with E-state index in [1.54, 1.807) is 31.4 Å². The number of sulfonamides is 1. The Kier molecular flexibility index (Phi) is 5.61. The third-order valence-electron chi connectivity index (χ3n) is 4.76. The standard InChI is InChI=1S/C20H22N4O4S/c1-15-4-5-16(13-19(15)29(25,26)24-8-11-27-12-9-24)18-6-7-20(23-22-18)21-14-17-3-2-10-28-17/h2-7,10,13H,8-9,11-12,14H2,1H3,(H,21,23). The molecule has 152 valence electrons. The first-order chi connectivity index (χ1) is 14.0. The summed E-state index contributed by atoms with van der Waals surface area (Å²) in [7, 11) is -3.58. The number of morpholine rings is 1. The lowest BCUT2D eigenvalue weighted by Crippen LogP contribution is -2.40. The van der Waals surface area contributed by atoms with Gasteiger partial charge in [-0.2, -0.15) is 4.31 Å².